The van der Waals surface area contributed by atoms with E-state index in [1.807, 2.05) is 0 Å². The van der Waals surface area contributed by atoms with Crippen molar-refractivity contribution in [1.29, 1.82) is 0 Å². The molecular formula is C12H12O5. The van der Waals surface area contributed by atoms with Gasteiger partial charge in [0.1, 0.15) is 12.5 Å². The topological polar surface area (TPSA) is 65.7 Å². The minimum Gasteiger partial charge on any atom is -0.465 e. The third-order valence-corrected chi connectivity index (χ3v) is 1.62. The van der Waals surface area contributed by atoms with Crippen molar-refractivity contribution in [3.8, 4) is 11.5 Å². The lowest BCUT2D eigenvalue weighted by molar-refractivity contribution is -0.131. The summed E-state index contributed by atoms with van der Waals surface area (Å²) in [6.45, 7) is 3.37. The minimum absolute atomic E-state index is 0.0611. The zero-order valence-corrected chi connectivity index (χ0v) is 9.51. The zero-order valence-electron chi connectivity index (χ0n) is 9.51. The van der Waals surface area contributed by atoms with Gasteiger partial charge in [-0.05, 0) is 13.8 Å². The number of allylic oxidation sites excluding steroid dienone is 2. The fourth-order valence-electron chi connectivity index (χ4n) is 0.979. The number of esters is 2. The number of furan rings is 1. The second-order valence-corrected chi connectivity index (χ2v) is 2.94. The van der Waals surface area contributed by atoms with E-state index in [2.05, 4.69) is 0 Å². The molecule has 0 aliphatic heterocycles. The molecule has 1 aromatic rings. The molecule has 0 atom stereocenters. The molecule has 90 valence electrons. The lowest BCUT2D eigenvalue weighted by Gasteiger charge is -2.01. The first kappa shape index (κ1) is 12.8. The molecule has 0 saturated carbocycles. The molecule has 0 aliphatic carbocycles. The van der Waals surface area contributed by atoms with Crippen LogP contribution in [0.2, 0.25) is 0 Å². The van der Waals surface area contributed by atoms with Gasteiger partial charge in [-0.3, -0.25) is 0 Å². The maximum atomic E-state index is 11.2. The Hall–Kier alpha value is -2.30. The highest BCUT2D eigenvalue weighted by molar-refractivity contribution is 5.86. The number of hydrogen-bond donors (Lipinski definition) is 0. The van der Waals surface area contributed by atoms with Crippen molar-refractivity contribution in [3.63, 3.8) is 0 Å². The Labute approximate surface area is 98.3 Å². The molecule has 0 unspecified atom stereocenters. The Morgan fingerprint density at radius 3 is 1.76 bits per heavy atom. The average Bonchev–Trinajstić information content (AvgIpc) is 2.66. The predicted molar refractivity (Wildman–Crippen MR) is 59.6 cm³/mol. The summed E-state index contributed by atoms with van der Waals surface area (Å²) >= 11 is 0. The summed E-state index contributed by atoms with van der Waals surface area (Å²) < 4.78 is 14.6. The Balaban J connectivity index is 2.72. The Morgan fingerprint density at radius 1 is 1.00 bits per heavy atom. The molecule has 5 heteroatoms. The van der Waals surface area contributed by atoms with Gasteiger partial charge in [0.25, 0.3) is 0 Å². The quantitative estimate of drug-likeness (QED) is 0.592. The van der Waals surface area contributed by atoms with E-state index in [9.17, 15) is 9.59 Å². The van der Waals surface area contributed by atoms with Gasteiger partial charge in [-0.15, -0.1) is 0 Å². The molecule has 0 aromatic carbocycles. The normalized spacial score (nSPS) is 10.9. The fourth-order valence-corrected chi connectivity index (χ4v) is 0.979. The summed E-state index contributed by atoms with van der Waals surface area (Å²) in [4.78, 5) is 22.3. The third kappa shape index (κ3) is 3.98. The summed E-state index contributed by atoms with van der Waals surface area (Å²) in [5.74, 6) is -1.02. The van der Waals surface area contributed by atoms with Gasteiger partial charge in [0.15, 0.2) is 0 Å². The molecule has 0 bridgehead atoms. The fraction of sp³-hybridized carbons (Fsp3) is 0.167. The highest BCUT2D eigenvalue weighted by Gasteiger charge is 2.13. The van der Waals surface area contributed by atoms with E-state index >= 15 is 0 Å². The van der Waals surface area contributed by atoms with Gasteiger partial charge < -0.3 is 13.9 Å². The lowest BCUT2D eigenvalue weighted by Crippen LogP contribution is -2.07. The van der Waals surface area contributed by atoms with Crippen molar-refractivity contribution in [2.75, 3.05) is 0 Å². The molecule has 0 aliphatic rings. The Bertz CT molecular complexity index is 413. The molecule has 1 rings (SSSR count). The Kier molecular flexibility index (Phi) is 4.75. The van der Waals surface area contributed by atoms with Crippen LogP contribution in [0, 0.1) is 0 Å². The van der Waals surface area contributed by atoms with Gasteiger partial charge >= 0.3 is 11.9 Å². The van der Waals surface area contributed by atoms with E-state index in [1.165, 1.54) is 36.8 Å². The van der Waals surface area contributed by atoms with Gasteiger partial charge in [-0.25, -0.2) is 9.59 Å². The van der Waals surface area contributed by atoms with E-state index in [-0.39, 0.29) is 11.5 Å². The number of carbonyl (C=O) groups excluding carboxylic acids is 2. The van der Waals surface area contributed by atoms with Crippen LogP contribution in [0.25, 0.3) is 0 Å². The summed E-state index contributed by atoms with van der Waals surface area (Å²) in [5, 5.41) is 0. The molecule has 0 amide bonds. The molecule has 1 heterocycles. The van der Waals surface area contributed by atoms with Gasteiger partial charge in [0, 0.05) is 12.2 Å². The number of hydrogen-bond acceptors (Lipinski definition) is 5. The number of carbonyl (C=O) groups is 2. The van der Waals surface area contributed by atoms with E-state index in [0.717, 1.165) is 0 Å². The van der Waals surface area contributed by atoms with Crippen molar-refractivity contribution < 1.29 is 23.5 Å². The van der Waals surface area contributed by atoms with E-state index in [1.54, 1.807) is 13.8 Å². The molecule has 0 radical (unpaired) electrons. The van der Waals surface area contributed by atoms with Crippen molar-refractivity contribution in [1.82, 2.24) is 0 Å². The lowest BCUT2D eigenvalue weighted by atomic mass is 10.5. The molecule has 0 N–H and O–H groups in total. The smallest absolute Gasteiger partial charge is 0.336 e. The van der Waals surface area contributed by atoms with E-state index in [4.69, 9.17) is 13.9 Å². The van der Waals surface area contributed by atoms with E-state index in [0.29, 0.717) is 0 Å². The first-order chi connectivity index (χ1) is 8.17. The SMILES string of the molecule is CC=CC(=O)Oc1cocc1OC(=O)/C=C\C. The van der Waals surface area contributed by atoms with Crippen LogP contribution < -0.4 is 9.47 Å². The maximum Gasteiger partial charge on any atom is 0.336 e. The molecule has 0 saturated heterocycles. The number of rotatable bonds is 4. The number of ether oxygens (including phenoxy) is 2. The van der Waals surface area contributed by atoms with Crippen LogP contribution in [-0.4, -0.2) is 11.9 Å². The minimum atomic E-state index is -0.572. The average molecular weight is 236 g/mol. The van der Waals surface area contributed by atoms with Crippen molar-refractivity contribution in [3.05, 3.63) is 36.8 Å². The van der Waals surface area contributed by atoms with Crippen molar-refractivity contribution in [2.24, 2.45) is 0 Å². The maximum absolute atomic E-state index is 11.2. The van der Waals surface area contributed by atoms with Crippen LogP contribution in [0.4, 0.5) is 0 Å². The molecule has 1 aromatic heterocycles. The molecule has 5 nitrogen and oxygen atoms in total. The molecule has 0 spiro atoms. The third-order valence-electron chi connectivity index (χ3n) is 1.62. The second-order valence-electron chi connectivity index (χ2n) is 2.94. The van der Waals surface area contributed by atoms with Crippen LogP contribution in [0.5, 0.6) is 11.5 Å². The second kappa shape index (κ2) is 6.32. The summed E-state index contributed by atoms with van der Waals surface area (Å²) in [7, 11) is 0. The zero-order chi connectivity index (χ0) is 12.7. The van der Waals surface area contributed by atoms with Gasteiger partial charge in [0.2, 0.25) is 11.5 Å². The largest absolute Gasteiger partial charge is 0.465 e. The van der Waals surface area contributed by atoms with Crippen molar-refractivity contribution in [2.45, 2.75) is 13.8 Å². The monoisotopic (exact) mass is 236 g/mol. The summed E-state index contributed by atoms with van der Waals surface area (Å²) in [6.07, 6.45) is 7.91. The molecular weight excluding hydrogens is 224 g/mol. The summed E-state index contributed by atoms with van der Waals surface area (Å²) in [5.41, 5.74) is 0. The van der Waals surface area contributed by atoms with Crippen LogP contribution in [0.1, 0.15) is 13.8 Å². The van der Waals surface area contributed by atoms with E-state index < -0.39 is 11.9 Å². The highest BCUT2D eigenvalue weighted by Crippen LogP contribution is 2.28. The first-order valence-electron chi connectivity index (χ1n) is 4.92. The van der Waals surface area contributed by atoms with Crippen LogP contribution in [0.15, 0.2) is 41.2 Å². The molecule has 17 heavy (non-hydrogen) atoms. The van der Waals surface area contributed by atoms with Crippen LogP contribution in [0.3, 0.4) is 0 Å². The van der Waals surface area contributed by atoms with Gasteiger partial charge in [-0.2, -0.15) is 0 Å². The Morgan fingerprint density at radius 2 is 1.41 bits per heavy atom. The van der Waals surface area contributed by atoms with Crippen LogP contribution >= 0.6 is 0 Å². The first-order valence-corrected chi connectivity index (χ1v) is 4.92. The summed E-state index contributed by atoms with van der Waals surface area (Å²) in [6, 6.07) is 0. The molecule has 0 fully saturated rings. The van der Waals surface area contributed by atoms with Gasteiger partial charge in [-0.1, -0.05) is 12.2 Å². The van der Waals surface area contributed by atoms with Gasteiger partial charge in [0.05, 0.1) is 0 Å². The highest BCUT2D eigenvalue weighted by atomic mass is 16.6. The standard InChI is InChI=1S/C12H12O5/c1-3-5-11(13)16-9-7-15-8-10(9)17-12(14)6-4-2/h3-8H,1-2H3/b5-3-,6-4?. The predicted octanol–water partition coefficient (Wildman–Crippen LogP) is 2.24. The van der Waals surface area contributed by atoms with Crippen molar-refractivity contribution >= 4 is 11.9 Å². The van der Waals surface area contributed by atoms with Crippen LogP contribution in [-0.2, 0) is 9.59 Å².